The molecule has 0 unspecified atom stereocenters. The molecular formula is C27H38N4O5. The number of piperidine rings is 1. The lowest BCUT2D eigenvalue weighted by Crippen LogP contribution is -2.52. The van der Waals surface area contributed by atoms with Gasteiger partial charge in [0, 0.05) is 44.2 Å². The van der Waals surface area contributed by atoms with E-state index in [1.165, 1.54) is 0 Å². The highest BCUT2D eigenvalue weighted by Gasteiger charge is 2.33. The minimum Gasteiger partial charge on any atom is -0.489 e. The first-order valence-electron chi connectivity index (χ1n) is 13.0. The molecule has 36 heavy (non-hydrogen) atoms. The van der Waals surface area contributed by atoms with Gasteiger partial charge in [-0.1, -0.05) is 30.4 Å². The third-order valence-corrected chi connectivity index (χ3v) is 6.99. The minimum atomic E-state index is -0.161. The number of amides is 4. The molecule has 0 radical (unpaired) electrons. The third-order valence-electron chi connectivity index (χ3n) is 6.99. The Kier molecular flexibility index (Phi) is 8.85. The summed E-state index contributed by atoms with van der Waals surface area (Å²) in [4.78, 5) is 44.6. The topological polar surface area (TPSA) is 91.4 Å². The zero-order valence-corrected chi connectivity index (χ0v) is 21.4. The maximum Gasteiger partial charge on any atom is 0.320 e. The molecule has 0 saturated carbocycles. The van der Waals surface area contributed by atoms with Gasteiger partial charge in [-0.2, -0.15) is 0 Å². The highest BCUT2D eigenvalue weighted by molar-refractivity contribution is 5.84. The van der Waals surface area contributed by atoms with Gasteiger partial charge in [-0.15, -0.1) is 0 Å². The van der Waals surface area contributed by atoms with Crippen molar-refractivity contribution in [2.45, 2.75) is 39.3 Å². The summed E-state index contributed by atoms with van der Waals surface area (Å²) >= 11 is 0. The number of rotatable bonds is 3. The molecular weight excluding hydrogens is 460 g/mol. The standard InChI is InChI=1S/C27H38N4O5/c1-20(2)28-25(32)16-21-9-10-30-17-22(21)7-5-13-36-24-8-4-3-6-23(24)18-31(19-26(30)33)27(34)29-11-14-35-15-12-29/h3-8,20-22H,9-19H2,1-2H3,(H,28,32)/t21-,22-/m0/s1. The van der Waals surface area contributed by atoms with Crippen molar-refractivity contribution in [2.24, 2.45) is 11.8 Å². The zero-order chi connectivity index (χ0) is 25.5. The van der Waals surface area contributed by atoms with Gasteiger partial charge < -0.3 is 29.5 Å². The van der Waals surface area contributed by atoms with Gasteiger partial charge in [0.25, 0.3) is 0 Å². The Morgan fingerprint density at radius 2 is 1.86 bits per heavy atom. The van der Waals surface area contributed by atoms with E-state index in [1.807, 2.05) is 49.1 Å². The van der Waals surface area contributed by atoms with Crippen LogP contribution in [0.1, 0.15) is 32.3 Å². The molecule has 2 atom stereocenters. The van der Waals surface area contributed by atoms with E-state index < -0.39 is 0 Å². The van der Waals surface area contributed by atoms with Crippen LogP contribution in [0.4, 0.5) is 4.79 Å². The second-order valence-corrected chi connectivity index (χ2v) is 10.1. The summed E-state index contributed by atoms with van der Waals surface area (Å²) in [5.74, 6) is 0.859. The number of nitrogens with zero attached hydrogens (tertiary/aromatic N) is 3. The first kappa shape index (κ1) is 26.0. The highest BCUT2D eigenvalue weighted by Crippen LogP contribution is 2.29. The van der Waals surface area contributed by atoms with E-state index >= 15 is 0 Å². The van der Waals surface area contributed by atoms with E-state index in [2.05, 4.69) is 11.4 Å². The maximum atomic E-state index is 13.5. The molecule has 4 rings (SSSR count). The Labute approximate surface area is 213 Å². The monoisotopic (exact) mass is 498 g/mol. The van der Waals surface area contributed by atoms with Crippen LogP contribution in [0.15, 0.2) is 36.4 Å². The summed E-state index contributed by atoms with van der Waals surface area (Å²) in [6.07, 6.45) is 5.24. The van der Waals surface area contributed by atoms with Crippen molar-refractivity contribution in [3.63, 3.8) is 0 Å². The number of hydrogen-bond donors (Lipinski definition) is 1. The predicted octanol–water partition coefficient (Wildman–Crippen LogP) is 2.27. The molecule has 2 bridgehead atoms. The molecule has 1 N–H and O–H groups in total. The number of carbonyl (C=O) groups excluding carboxylic acids is 3. The van der Waals surface area contributed by atoms with Crippen molar-refractivity contribution in [3.8, 4) is 5.75 Å². The molecule has 9 nitrogen and oxygen atoms in total. The quantitative estimate of drug-likeness (QED) is 0.646. The van der Waals surface area contributed by atoms with Gasteiger partial charge >= 0.3 is 6.03 Å². The molecule has 2 saturated heterocycles. The Bertz CT molecular complexity index is 959. The van der Waals surface area contributed by atoms with E-state index in [-0.39, 0.29) is 48.8 Å². The number of benzene rings is 1. The van der Waals surface area contributed by atoms with Crippen molar-refractivity contribution >= 4 is 17.8 Å². The Morgan fingerprint density at radius 3 is 2.64 bits per heavy atom. The van der Waals surface area contributed by atoms with E-state index in [4.69, 9.17) is 9.47 Å². The van der Waals surface area contributed by atoms with Crippen LogP contribution >= 0.6 is 0 Å². The molecule has 2 fully saturated rings. The second-order valence-electron chi connectivity index (χ2n) is 10.1. The second kappa shape index (κ2) is 12.3. The molecule has 3 heterocycles. The smallest absolute Gasteiger partial charge is 0.320 e. The van der Waals surface area contributed by atoms with Crippen LogP contribution in [0.3, 0.4) is 0 Å². The van der Waals surface area contributed by atoms with Gasteiger partial charge in [-0.25, -0.2) is 4.79 Å². The Hall–Kier alpha value is -3.07. The summed E-state index contributed by atoms with van der Waals surface area (Å²) in [5.41, 5.74) is 0.862. The Morgan fingerprint density at radius 1 is 1.08 bits per heavy atom. The molecule has 196 valence electrons. The van der Waals surface area contributed by atoms with Crippen LogP contribution < -0.4 is 10.1 Å². The summed E-state index contributed by atoms with van der Waals surface area (Å²) < 4.78 is 11.5. The highest BCUT2D eigenvalue weighted by atomic mass is 16.5. The minimum absolute atomic E-state index is 0.000534. The maximum absolute atomic E-state index is 13.5. The van der Waals surface area contributed by atoms with E-state index in [1.54, 1.807) is 9.80 Å². The molecule has 1 aromatic carbocycles. The lowest BCUT2D eigenvalue weighted by molar-refractivity contribution is -0.134. The normalized spacial score (nSPS) is 23.2. The number of para-hydroxylation sites is 1. The van der Waals surface area contributed by atoms with Crippen LogP contribution in [0.5, 0.6) is 5.75 Å². The zero-order valence-electron chi connectivity index (χ0n) is 21.4. The van der Waals surface area contributed by atoms with Crippen LogP contribution in [0, 0.1) is 11.8 Å². The van der Waals surface area contributed by atoms with Gasteiger partial charge in [-0.3, -0.25) is 9.59 Å². The summed E-state index contributed by atoms with van der Waals surface area (Å²) in [5, 5.41) is 2.98. The number of nitrogens with one attached hydrogen (secondary N) is 1. The number of hydrogen-bond acceptors (Lipinski definition) is 5. The van der Waals surface area contributed by atoms with Gasteiger partial charge in [0.1, 0.15) is 18.9 Å². The van der Waals surface area contributed by atoms with Crippen molar-refractivity contribution in [1.82, 2.24) is 20.0 Å². The molecule has 1 aromatic rings. The van der Waals surface area contributed by atoms with Crippen LogP contribution in [0.25, 0.3) is 0 Å². The molecule has 3 aliphatic heterocycles. The van der Waals surface area contributed by atoms with Crippen molar-refractivity contribution in [2.75, 3.05) is 52.5 Å². The molecule has 0 aliphatic carbocycles. The first-order chi connectivity index (χ1) is 17.4. The van der Waals surface area contributed by atoms with E-state index in [9.17, 15) is 14.4 Å². The van der Waals surface area contributed by atoms with Crippen LogP contribution in [-0.2, 0) is 20.9 Å². The largest absolute Gasteiger partial charge is 0.489 e. The number of carbonyl (C=O) groups is 3. The summed E-state index contributed by atoms with van der Waals surface area (Å²) in [6.45, 7) is 7.71. The van der Waals surface area contributed by atoms with Crippen LogP contribution in [-0.4, -0.2) is 91.1 Å². The van der Waals surface area contributed by atoms with Gasteiger partial charge in [0.2, 0.25) is 11.8 Å². The molecule has 9 heteroatoms. The number of urea groups is 1. The van der Waals surface area contributed by atoms with Crippen molar-refractivity contribution in [3.05, 3.63) is 42.0 Å². The predicted molar refractivity (Wildman–Crippen MR) is 135 cm³/mol. The number of ether oxygens (including phenoxy) is 2. The molecule has 0 aromatic heterocycles. The van der Waals surface area contributed by atoms with E-state index in [0.717, 1.165) is 12.0 Å². The lowest BCUT2D eigenvalue weighted by Gasteiger charge is -2.39. The molecule has 4 amide bonds. The first-order valence-corrected chi connectivity index (χ1v) is 13.0. The Balaban J connectivity index is 1.56. The SMILES string of the molecule is CC(C)NC(=O)C[C@@H]1CCN2C[C@@H]1C=CCOc1ccccc1CN(C(=O)N1CCOCC1)CC2=O. The third kappa shape index (κ3) is 6.78. The van der Waals surface area contributed by atoms with E-state index in [0.29, 0.717) is 58.2 Å². The van der Waals surface area contributed by atoms with Crippen molar-refractivity contribution < 1.29 is 23.9 Å². The van der Waals surface area contributed by atoms with Crippen molar-refractivity contribution in [1.29, 1.82) is 0 Å². The lowest BCUT2D eigenvalue weighted by atomic mass is 9.82. The van der Waals surface area contributed by atoms with Gasteiger partial charge in [0.05, 0.1) is 19.8 Å². The number of fused-ring (bicyclic) bond motifs is 3. The summed E-state index contributed by atoms with van der Waals surface area (Å²) in [7, 11) is 0. The molecule has 0 spiro atoms. The fourth-order valence-corrected chi connectivity index (χ4v) is 5.11. The fraction of sp³-hybridized carbons (Fsp3) is 0.593. The summed E-state index contributed by atoms with van der Waals surface area (Å²) in [6, 6.07) is 7.58. The molecule has 3 aliphatic rings. The van der Waals surface area contributed by atoms with Gasteiger partial charge in [0.15, 0.2) is 0 Å². The van der Waals surface area contributed by atoms with Crippen LogP contribution in [0.2, 0.25) is 0 Å². The average molecular weight is 499 g/mol. The number of morpholine rings is 1. The average Bonchev–Trinajstić information content (AvgIpc) is 2.87. The van der Waals surface area contributed by atoms with Gasteiger partial charge in [-0.05, 0) is 38.2 Å². The fourth-order valence-electron chi connectivity index (χ4n) is 5.11.